The molecule has 0 bridgehead atoms. The number of hydrogen-bond donors (Lipinski definition) is 4. The third-order valence-electron chi connectivity index (χ3n) is 10.7. The number of benzene rings is 4. The standard InChI is InChI=1S/C46H55ClN4O8/c1-9-46(8,20-21-56-45(6,7)19-22-57-50-43(55)59-44(3,4)5)58-33-16-13-29(14-17-33)41(53)48-32-15-18-35-30(23-32)24-36(49-35)42(54)51-27-31(26-47)40-37(51)25-38(52)34-12-10-11-28(2)39(34)40/h10-18,23-25,31,49,52H,9,19-22,26-27H2,1-8H3,(H,48,53)(H,50,55)/t31-,46?/m1/s1. The molecule has 0 radical (unpaired) electrons. The van der Waals surface area contributed by atoms with Crippen molar-refractivity contribution in [1.82, 2.24) is 10.5 Å². The van der Waals surface area contributed by atoms with E-state index < -0.39 is 22.9 Å². The summed E-state index contributed by atoms with van der Waals surface area (Å²) < 4.78 is 17.7. The molecule has 4 aromatic carbocycles. The molecule has 0 fully saturated rings. The number of carbonyl (C=O) groups is 3. The number of carbonyl (C=O) groups excluding carboxylic acids is 3. The molecule has 314 valence electrons. The molecule has 0 saturated carbocycles. The number of hydrogen-bond acceptors (Lipinski definition) is 8. The van der Waals surface area contributed by atoms with Gasteiger partial charge in [-0.2, -0.15) is 5.48 Å². The van der Waals surface area contributed by atoms with Gasteiger partial charge in [0.15, 0.2) is 0 Å². The Labute approximate surface area is 350 Å². The number of nitrogens with zero attached hydrogens (tertiary/aromatic N) is 1. The third kappa shape index (κ3) is 10.3. The number of phenolic OH excluding ortho intramolecular Hbond substituents is 1. The molecule has 0 aliphatic carbocycles. The minimum atomic E-state index is -0.639. The van der Waals surface area contributed by atoms with Gasteiger partial charge in [-0.15, -0.1) is 11.6 Å². The largest absolute Gasteiger partial charge is 0.507 e. The number of nitrogens with one attached hydrogen (secondary N) is 3. The van der Waals surface area contributed by atoms with E-state index in [9.17, 15) is 19.5 Å². The number of amides is 3. The van der Waals surface area contributed by atoms with Crippen LogP contribution in [0.3, 0.4) is 0 Å². The van der Waals surface area contributed by atoms with E-state index in [2.05, 4.69) is 22.7 Å². The Hall–Kier alpha value is -5.30. The Kier molecular flexibility index (Phi) is 12.8. The maximum absolute atomic E-state index is 14.0. The molecule has 1 aliphatic rings. The zero-order chi connectivity index (χ0) is 42.7. The lowest BCUT2D eigenvalue weighted by molar-refractivity contribution is -0.0714. The van der Waals surface area contributed by atoms with Crippen molar-refractivity contribution in [3.63, 3.8) is 0 Å². The first-order valence-electron chi connectivity index (χ1n) is 20.0. The quantitative estimate of drug-likeness (QED) is 0.0463. The minimum absolute atomic E-state index is 0.0871. The fourth-order valence-corrected chi connectivity index (χ4v) is 7.52. The van der Waals surface area contributed by atoms with Gasteiger partial charge in [-0.25, -0.2) is 4.79 Å². The average Bonchev–Trinajstić information content (AvgIpc) is 3.77. The van der Waals surface area contributed by atoms with Gasteiger partial charge in [-0.05, 0) is 120 Å². The molecular formula is C46H55ClN4O8. The molecule has 2 atom stereocenters. The van der Waals surface area contributed by atoms with Crippen molar-refractivity contribution in [2.45, 2.75) is 97.4 Å². The SMILES string of the molecule is CCC(C)(CCOC(C)(C)CCONC(=O)OC(C)(C)C)Oc1ccc(C(=O)Nc2ccc3[nH]c(C(=O)N4C[C@@H](CCl)c5c4cc(O)c4cccc(C)c54)cc3c2)cc1. The molecule has 1 aromatic heterocycles. The summed E-state index contributed by atoms with van der Waals surface area (Å²) in [5.41, 5.74) is 5.49. The number of halogens is 1. The molecule has 3 amide bonds. The smallest absolute Gasteiger partial charge is 0.431 e. The van der Waals surface area contributed by atoms with E-state index in [-0.39, 0.29) is 30.1 Å². The number of aromatic hydroxyl groups is 1. The molecule has 4 N–H and O–H groups in total. The van der Waals surface area contributed by atoms with Crippen molar-refractivity contribution in [3.05, 3.63) is 95.2 Å². The summed E-state index contributed by atoms with van der Waals surface area (Å²) in [5.74, 6) is 0.477. The number of aromatic nitrogens is 1. The maximum Gasteiger partial charge on any atom is 0.431 e. The van der Waals surface area contributed by atoms with Crippen LogP contribution in [-0.2, 0) is 14.3 Å². The number of phenols is 1. The van der Waals surface area contributed by atoms with Gasteiger partial charge in [0.05, 0.1) is 24.5 Å². The van der Waals surface area contributed by atoms with Crippen molar-refractivity contribution in [3.8, 4) is 11.5 Å². The highest BCUT2D eigenvalue weighted by molar-refractivity contribution is 6.19. The molecule has 6 rings (SSSR count). The van der Waals surface area contributed by atoms with Crippen LogP contribution in [-0.4, -0.2) is 70.4 Å². The van der Waals surface area contributed by atoms with Crippen molar-refractivity contribution < 1.29 is 38.5 Å². The predicted octanol–water partition coefficient (Wildman–Crippen LogP) is 10.1. The number of aromatic amines is 1. The molecular weight excluding hydrogens is 772 g/mol. The third-order valence-corrected chi connectivity index (χ3v) is 11.1. The number of fused-ring (bicyclic) bond motifs is 4. The second-order valence-corrected chi connectivity index (χ2v) is 17.3. The summed E-state index contributed by atoms with van der Waals surface area (Å²) in [6.45, 7) is 16.5. The summed E-state index contributed by atoms with van der Waals surface area (Å²) >= 11 is 6.44. The normalized spacial score (nSPS) is 15.2. The molecule has 1 aliphatic heterocycles. The maximum atomic E-state index is 14.0. The second-order valence-electron chi connectivity index (χ2n) is 17.0. The number of ether oxygens (including phenoxy) is 3. The van der Waals surface area contributed by atoms with Gasteiger partial charge in [0.1, 0.15) is 28.4 Å². The van der Waals surface area contributed by atoms with Gasteiger partial charge in [0, 0.05) is 64.8 Å². The van der Waals surface area contributed by atoms with Crippen LogP contribution in [0.4, 0.5) is 16.2 Å². The highest BCUT2D eigenvalue weighted by atomic mass is 35.5. The van der Waals surface area contributed by atoms with Crippen molar-refractivity contribution in [2.24, 2.45) is 0 Å². The van der Waals surface area contributed by atoms with E-state index in [4.69, 9.17) is 30.6 Å². The van der Waals surface area contributed by atoms with E-state index in [1.165, 1.54) is 0 Å². The summed E-state index contributed by atoms with van der Waals surface area (Å²) in [6.07, 6.45) is 1.27. The lowest BCUT2D eigenvalue weighted by Gasteiger charge is -2.32. The molecule has 0 spiro atoms. The topological polar surface area (TPSA) is 151 Å². The van der Waals surface area contributed by atoms with Crippen LogP contribution >= 0.6 is 11.6 Å². The van der Waals surface area contributed by atoms with E-state index in [0.29, 0.717) is 60.3 Å². The Morgan fingerprint density at radius 2 is 1.69 bits per heavy atom. The van der Waals surface area contributed by atoms with Gasteiger partial charge in [-0.3, -0.25) is 14.4 Å². The molecule has 1 unspecified atom stereocenters. The summed E-state index contributed by atoms with van der Waals surface area (Å²) in [5, 5.41) is 16.3. The number of alkyl halides is 1. The number of H-pyrrole nitrogens is 1. The van der Waals surface area contributed by atoms with Crippen molar-refractivity contribution in [2.75, 3.05) is 35.9 Å². The van der Waals surface area contributed by atoms with Crippen LogP contribution in [0.1, 0.15) is 106 Å². The van der Waals surface area contributed by atoms with E-state index in [0.717, 1.165) is 39.2 Å². The van der Waals surface area contributed by atoms with Gasteiger partial charge >= 0.3 is 6.09 Å². The Morgan fingerprint density at radius 1 is 0.949 bits per heavy atom. The lowest BCUT2D eigenvalue weighted by atomic mass is 9.92. The van der Waals surface area contributed by atoms with Crippen molar-refractivity contribution >= 4 is 62.6 Å². The molecule has 5 aromatic rings. The first-order valence-corrected chi connectivity index (χ1v) is 20.5. The van der Waals surface area contributed by atoms with Crippen LogP contribution in [0.2, 0.25) is 0 Å². The fourth-order valence-electron chi connectivity index (χ4n) is 7.27. The van der Waals surface area contributed by atoms with E-state index in [1.807, 2.05) is 58.0 Å². The Balaban J connectivity index is 1.03. The number of hydroxylamine groups is 1. The number of aryl methyl sites for hydroxylation is 1. The molecule has 2 heterocycles. The average molecular weight is 827 g/mol. The van der Waals surface area contributed by atoms with Crippen molar-refractivity contribution in [1.29, 1.82) is 0 Å². The molecule has 13 heteroatoms. The Bertz CT molecular complexity index is 2330. The van der Waals surface area contributed by atoms with Crippen LogP contribution in [0.15, 0.2) is 72.8 Å². The highest BCUT2D eigenvalue weighted by Gasteiger charge is 2.36. The minimum Gasteiger partial charge on any atom is -0.507 e. The molecule has 12 nitrogen and oxygen atoms in total. The highest BCUT2D eigenvalue weighted by Crippen LogP contribution is 2.46. The Morgan fingerprint density at radius 3 is 2.39 bits per heavy atom. The lowest BCUT2D eigenvalue weighted by Crippen LogP contribution is -2.36. The van der Waals surface area contributed by atoms with Crippen LogP contribution < -0.4 is 20.4 Å². The van der Waals surface area contributed by atoms with Crippen LogP contribution in [0, 0.1) is 6.92 Å². The first kappa shape index (κ1) is 43.3. The summed E-state index contributed by atoms with van der Waals surface area (Å²) in [6, 6.07) is 21.7. The van der Waals surface area contributed by atoms with E-state index in [1.54, 1.807) is 68.1 Å². The van der Waals surface area contributed by atoms with Gasteiger partial charge in [-0.1, -0.05) is 25.1 Å². The summed E-state index contributed by atoms with van der Waals surface area (Å²) in [4.78, 5) is 49.3. The van der Waals surface area contributed by atoms with Crippen LogP contribution in [0.25, 0.3) is 21.7 Å². The number of anilines is 2. The zero-order valence-corrected chi connectivity index (χ0v) is 35.8. The molecule has 0 saturated heterocycles. The first-order chi connectivity index (χ1) is 27.9. The summed E-state index contributed by atoms with van der Waals surface area (Å²) in [7, 11) is 0. The molecule has 59 heavy (non-hydrogen) atoms. The van der Waals surface area contributed by atoms with Gasteiger partial charge < -0.3 is 34.5 Å². The predicted molar refractivity (Wildman–Crippen MR) is 232 cm³/mol. The fraction of sp³-hybridized carbons (Fsp3) is 0.413. The monoisotopic (exact) mass is 826 g/mol. The second kappa shape index (κ2) is 17.5. The zero-order valence-electron chi connectivity index (χ0n) is 35.1. The van der Waals surface area contributed by atoms with Gasteiger partial charge in [0.2, 0.25) is 0 Å². The van der Waals surface area contributed by atoms with Crippen LogP contribution in [0.5, 0.6) is 11.5 Å². The number of rotatable bonds is 15. The van der Waals surface area contributed by atoms with Gasteiger partial charge in [0.25, 0.3) is 11.8 Å². The van der Waals surface area contributed by atoms with E-state index >= 15 is 0 Å².